The number of likely N-dealkylation sites (N-methyl/N-ethyl adjacent to an activating group) is 2. The first-order chi connectivity index (χ1) is 32.2. The second-order valence-corrected chi connectivity index (χ2v) is 26.8. The number of piperidine rings is 4. The van der Waals surface area contributed by atoms with Gasteiger partial charge in [-0.1, -0.05) is 51.4 Å². The molecule has 0 N–H and O–H groups in total. The van der Waals surface area contributed by atoms with Crippen molar-refractivity contribution in [1.82, 2.24) is 19.9 Å². The molecule has 408 valence electrons. The molecule has 4 aliphatic rings. The molecule has 0 aromatic rings. The topological polar surface area (TPSA) is 118 Å². The van der Waals surface area contributed by atoms with Crippen molar-refractivity contribution in [2.75, 3.05) is 14.1 Å². The van der Waals surface area contributed by atoms with Crippen molar-refractivity contribution in [3.05, 3.63) is 0 Å². The summed E-state index contributed by atoms with van der Waals surface area (Å²) < 4.78 is 11.8. The number of ether oxygens (including phenoxy) is 2. The van der Waals surface area contributed by atoms with Crippen LogP contribution >= 0.6 is 0 Å². The maximum Gasteiger partial charge on any atom is 0.325 e. The maximum atomic E-state index is 12.4. The highest BCUT2D eigenvalue weighted by Gasteiger charge is 2.49. The highest BCUT2D eigenvalue weighted by atomic mass is 16.7. The van der Waals surface area contributed by atoms with E-state index in [0.29, 0.717) is 25.7 Å². The summed E-state index contributed by atoms with van der Waals surface area (Å²) >= 11 is 0. The summed E-state index contributed by atoms with van der Waals surface area (Å²) in [5, 5.41) is 3.88. The Kier molecular flexibility index (Phi) is 22.8. The fourth-order valence-electron chi connectivity index (χ4n) is 12.1. The van der Waals surface area contributed by atoms with Gasteiger partial charge in [-0.15, -0.1) is 10.1 Å². The van der Waals surface area contributed by atoms with Crippen LogP contribution in [0.2, 0.25) is 0 Å². The highest BCUT2D eigenvalue weighted by Crippen LogP contribution is 2.42. The Morgan fingerprint density at radius 1 is 0.357 bits per heavy atom. The van der Waals surface area contributed by atoms with Crippen molar-refractivity contribution in [2.45, 2.75) is 334 Å². The number of hydrogen-bond acceptors (Lipinski definition) is 12. The fourth-order valence-corrected chi connectivity index (χ4v) is 12.1. The Bertz CT molecular complexity index is 1510. The van der Waals surface area contributed by atoms with Gasteiger partial charge in [0.25, 0.3) is 0 Å². The molecule has 0 spiro atoms. The van der Waals surface area contributed by atoms with E-state index in [4.69, 9.17) is 19.1 Å². The third-order valence-electron chi connectivity index (χ3n) is 17.5. The number of carbonyl (C=O) groups excluding carboxylic acids is 4. The fraction of sp³-hybridized carbons (Fsp3) is 0.931. The second-order valence-electron chi connectivity index (χ2n) is 26.8. The molecule has 4 aliphatic heterocycles. The molecule has 2 atom stereocenters. The van der Waals surface area contributed by atoms with Crippen LogP contribution in [0.5, 0.6) is 0 Å². The van der Waals surface area contributed by atoms with E-state index in [-0.39, 0.29) is 80.4 Å². The standard InChI is InChI=1S/C30H56N2O4.C28H52N2O4/c1-27(2)21-19-23(29(5,6)31(27)9)35-25(33)17-15-13-11-12-14-16-18-26(34)36-24-20-22-28(3,4)32(10)30(24,7)8;1-25(2)19-15-20-26(3,4)29(25)33-23(31)17-13-11-9-10-12-14-18-24(32)34-30-27(5,6)21-16-22-28(30,7)8/h23-24H,11-22H2,1-10H3;9-22H2,1-8H3. The van der Waals surface area contributed by atoms with E-state index < -0.39 is 0 Å². The van der Waals surface area contributed by atoms with E-state index in [1.54, 1.807) is 0 Å². The van der Waals surface area contributed by atoms with Gasteiger partial charge in [0, 0.05) is 36.8 Å². The van der Waals surface area contributed by atoms with Gasteiger partial charge in [0.15, 0.2) is 0 Å². The summed E-state index contributed by atoms with van der Waals surface area (Å²) in [6.07, 6.45) is 24.1. The van der Waals surface area contributed by atoms with Crippen LogP contribution in [0.3, 0.4) is 0 Å². The van der Waals surface area contributed by atoms with Crippen LogP contribution in [-0.2, 0) is 38.3 Å². The van der Waals surface area contributed by atoms with Gasteiger partial charge in [-0.3, -0.25) is 29.0 Å². The van der Waals surface area contributed by atoms with Crippen LogP contribution in [0.25, 0.3) is 0 Å². The van der Waals surface area contributed by atoms with E-state index in [2.05, 4.69) is 135 Å². The Labute approximate surface area is 429 Å². The van der Waals surface area contributed by atoms with Crippen molar-refractivity contribution in [3.63, 3.8) is 0 Å². The molecule has 0 aliphatic carbocycles. The van der Waals surface area contributed by atoms with Crippen LogP contribution in [0, 0.1) is 0 Å². The van der Waals surface area contributed by atoms with Crippen molar-refractivity contribution < 1.29 is 38.3 Å². The van der Waals surface area contributed by atoms with Crippen molar-refractivity contribution in [1.29, 1.82) is 0 Å². The van der Waals surface area contributed by atoms with Gasteiger partial charge in [0.1, 0.15) is 12.2 Å². The molecule has 0 amide bonds. The molecular weight excluding hydrogens is 881 g/mol. The zero-order chi connectivity index (χ0) is 53.0. The lowest BCUT2D eigenvalue weighted by Gasteiger charge is -2.54. The van der Waals surface area contributed by atoms with Gasteiger partial charge in [-0.2, -0.15) is 0 Å². The molecule has 4 fully saturated rings. The van der Waals surface area contributed by atoms with Crippen LogP contribution in [0.1, 0.15) is 278 Å². The molecule has 4 heterocycles. The van der Waals surface area contributed by atoms with E-state index in [1.165, 1.54) is 12.8 Å². The predicted octanol–water partition coefficient (Wildman–Crippen LogP) is 13.6. The number of unbranched alkanes of at least 4 members (excludes halogenated alkanes) is 10. The lowest BCUT2D eigenvalue weighted by Crippen LogP contribution is -2.63. The third-order valence-corrected chi connectivity index (χ3v) is 17.5. The first-order valence-corrected chi connectivity index (χ1v) is 28.1. The zero-order valence-corrected chi connectivity index (χ0v) is 48.6. The van der Waals surface area contributed by atoms with Gasteiger partial charge in [0.05, 0.1) is 33.2 Å². The SMILES string of the molecule is CC1(C)CCCC(C)(C)N1OC(=O)CCCCCCCCC(=O)ON1C(C)(C)CCCC1(C)C.CN1C(C)(C)CCC(OC(=O)CCCCCCCCC(=O)OC2CCC(C)(C)N(C)C2(C)C)C1(C)C. The lowest BCUT2D eigenvalue weighted by molar-refractivity contribution is -0.265. The molecule has 12 nitrogen and oxygen atoms in total. The predicted molar refractivity (Wildman–Crippen MR) is 284 cm³/mol. The second kappa shape index (κ2) is 25.8. The van der Waals surface area contributed by atoms with Crippen molar-refractivity contribution in [3.8, 4) is 0 Å². The normalized spacial score (nSPS) is 25.7. The van der Waals surface area contributed by atoms with Gasteiger partial charge in [0.2, 0.25) is 0 Å². The molecule has 0 aromatic carbocycles. The van der Waals surface area contributed by atoms with Gasteiger partial charge < -0.3 is 19.1 Å². The largest absolute Gasteiger partial charge is 0.460 e. The summed E-state index contributed by atoms with van der Waals surface area (Å²) in [5.41, 5.74) is -0.505. The first kappa shape index (κ1) is 62.0. The van der Waals surface area contributed by atoms with Crippen LogP contribution in [0.15, 0.2) is 0 Å². The Morgan fingerprint density at radius 2 is 0.600 bits per heavy atom. The Morgan fingerprint density at radius 3 is 0.871 bits per heavy atom. The quantitative estimate of drug-likeness (QED) is 0.0759. The summed E-state index contributed by atoms with van der Waals surface area (Å²) in [7, 11) is 4.27. The number of nitrogens with zero attached hydrogens (tertiary/aromatic N) is 4. The van der Waals surface area contributed by atoms with Crippen LogP contribution in [0.4, 0.5) is 0 Å². The number of hydroxylamine groups is 4. The molecule has 2 unspecified atom stereocenters. The molecular formula is C58H108N4O8. The van der Waals surface area contributed by atoms with E-state index in [0.717, 1.165) is 128 Å². The number of rotatable bonds is 22. The Balaban J connectivity index is 0.000000371. The summed E-state index contributed by atoms with van der Waals surface area (Å²) in [4.78, 5) is 66.1. The smallest absolute Gasteiger partial charge is 0.325 e. The molecule has 0 bridgehead atoms. The molecule has 0 radical (unpaired) electrons. The van der Waals surface area contributed by atoms with Crippen LogP contribution < -0.4 is 0 Å². The van der Waals surface area contributed by atoms with E-state index in [1.807, 2.05) is 10.1 Å². The van der Waals surface area contributed by atoms with E-state index in [9.17, 15) is 19.2 Å². The molecule has 4 saturated heterocycles. The number of hydrogen-bond donors (Lipinski definition) is 0. The van der Waals surface area contributed by atoms with Crippen molar-refractivity contribution in [2.24, 2.45) is 0 Å². The number of carbonyl (C=O) groups is 4. The molecule has 0 aromatic heterocycles. The monoisotopic (exact) mass is 989 g/mol. The lowest BCUT2D eigenvalue weighted by atomic mass is 9.78. The van der Waals surface area contributed by atoms with Gasteiger partial charge >= 0.3 is 23.9 Å². The van der Waals surface area contributed by atoms with Crippen LogP contribution in [-0.4, -0.2) is 114 Å². The summed E-state index contributed by atoms with van der Waals surface area (Å²) in [6.45, 7) is 35.0. The first-order valence-electron chi connectivity index (χ1n) is 28.1. The highest BCUT2D eigenvalue weighted by molar-refractivity contribution is 5.70. The third kappa shape index (κ3) is 18.0. The molecule has 4 rings (SSSR count). The molecule has 70 heavy (non-hydrogen) atoms. The average Bonchev–Trinajstić information content (AvgIpc) is 3.23. The summed E-state index contributed by atoms with van der Waals surface area (Å²) in [5.74, 6) is -0.365. The van der Waals surface area contributed by atoms with Gasteiger partial charge in [-0.25, -0.2) is 0 Å². The minimum absolute atomic E-state index is 0.0474. The number of esters is 2. The minimum atomic E-state index is -0.155. The van der Waals surface area contributed by atoms with E-state index >= 15 is 0 Å². The van der Waals surface area contributed by atoms with Crippen molar-refractivity contribution >= 4 is 23.9 Å². The van der Waals surface area contributed by atoms with Gasteiger partial charge in [-0.05, 0) is 215 Å². The Hall–Kier alpha value is -2.28. The number of likely N-dealkylation sites (tertiary alicyclic amines) is 2. The minimum Gasteiger partial charge on any atom is -0.460 e. The zero-order valence-electron chi connectivity index (χ0n) is 48.6. The molecule has 12 heteroatoms. The average molecular weight is 990 g/mol. The molecule has 0 saturated carbocycles. The summed E-state index contributed by atoms with van der Waals surface area (Å²) in [6, 6.07) is 0. The maximum absolute atomic E-state index is 12.4.